The Balaban J connectivity index is 2.80. The van der Waals surface area contributed by atoms with Gasteiger partial charge in [0, 0.05) is 7.05 Å². The number of carbonyl (C=O) groups excluding carboxylic acids is 1. The van der Waals surface area contributed by atoms with Crippen molar-refractivity contribution < 1.29 is 18.7 Å². The Hall–Kier alpha value is -0.893. The van der Waals surface area contributed by atoms with E-state index in [1.807, 2.05) is 26.0 Å². The molecular weight excluding hydrogens is 324 g/mol. The average molecular weight is 359 g/mol. The van der Waals surface area contributed by atoms with E-state index in [1.165, 1.54) is 0 Å². The molecule has 0 aromatic heterocycles. The smallest absolute Gasteiger partial charge is 0.315 e. The molecule has 0 aliphatic carbocycles. The van der Waals surface area contributed by atoms with E-state index >= 15 is 0 Å². The summed E-state index contributed by atoms with van der Waals surface area (Å²) >= 11 is 0. The van der Waals surface area contributed by atoms with Gasteiger partial charge in [-0.25, -0.2) is 4.79 Å². The fourth-order valence-corrected chi connectivity index (χ4v) is 3.01. The van der Waals surface area contributed by atoms with Crippen molar-refractivity contribution in [3.05, 3.63) is 12.2 Å². The highest BCUT2D eigenvalue weighted by molar-refractivity contribution is 6.74. The van der Waals surface area contributed by atoms with Crippen LogP contribution in [0.2, 0.25) is 18.1 Å². The van der Waals surface area contributed by atoms with Crippen molar-refractivity contribution in [2.75, 3.05) is 13.7 Å². The summed E-state index contributed by atoms with van der Waals surface area (Å²) in [6.07, 6.45) is 3.12. The van der Waals surface area contributed by atoms with Crippen molar-refractivity contribution >= 4 is 14.3 Å². The van der Waals surface area contributed by atoms with Gasteiger partial charge in [0.05, 0.1) is 18.8 Å². The first kappa shape index (κ1) is 21.2. The van der Waals surface area contributed by atoms with Gasteiger partial charge < -0.3 is 24.5 Å². The number of amides is 2. The van der Waals surface area contributed by atoms with Crippen molar-refractivity contribution in [3.63, 3.8) is 0 Å². The lowest BCUT2D eigenvalue weighted by Gasteiger charge is -2.39. The van der Waals surface area contributed by atoms with E-state index in [4.69, 9.17) is 13.9 Å². The predicted octanol–water partition coefficient (Wildman–Crippen LogP) is 3.01. The van der Waals surface area contributed by atoms with E-state index in [9.17, 15) is 4.79 Å². The van der Waals surface area contributed by atoms with Crippen LogP contribution in [-0.2, 0) is 13.9 Å². The monoisotopic (exact) mass is 358 g/mol. The fraction of sp³-hybridized carbons (Fsp3) is 0.824. The minimum atomic E-state index is -1.89. The van der Waals surface area contributed by atoms with Crippen molar-refractivity contribution in [1.82, 2.24) is 10.6 Å². The second-order valence-corrected chi connectivity index (χ2v) is 12.7. The van der Waals surface area contributed by atoms with Crippen LogP contribution in [0.4, 0.5) is 4.79 Å². The zero-order chi connectivity index (χ0) is 18.5. The summed E-state index contributed by atoms with van der Waals surface area (Å²) in [6.45, 7) is 15.4. The number of hydrogen-bond donors (Lipinski definition) is 2. The molecule has 1 aliphatic heterocycles. The molecule has 0 bridgehead atoms. The summed E-state index contributed by atoms with van der Waals surface area (Å²) in [5, 5.41) is 5.58. The summed E-state index contributed by atoms with van der Waals surface area (Å²) in [5.41, 5.74) is 0. The first-order valence-electron chi connectivity index (χ1n) is 8.57. The molecule has 0 spiro atoms. The van der Waals surface area contributed by atoms with Gasteiger partial charge in [-0.15, -0.1) is 0 Å². The molecule has 0 saturated carbocycles. The second-order valence-electron chi connectivity index (χ2n) is 7.93. The number of hydrogen-bond acceptors (Lipinski definition) is 4. The molecular formula is C17H34N2O4Si. The Morgan fingerprint density at radius 3 is 2.42 bits per heavy atom. The Morgan fingerprint density at radius 1 is 1.29 bits per heavy atom. The molecule has 6 nitrogen and oxygen atoms in total. The molecule has 0 saturated heterocycles. The van der Waals surface area contributed by atoms with Crippen LogP contribution in [0.5, 0.6) is 0 Å². The molecule has 3 atom stereocenters. The summed E-state index contributed by atoms with van der Waals surface area (Å²) in [7, 11) is -0.302. The van der Waals surface area contributed by atoms with E-state index in [0.29, 0.717) is 6.61 Å². The lowest BCUT2D eigenvalue weighted by atomic mass is 10.1. The number of nitrogens with one attached hydrogen (secondary N) is 2. The zero-order valence-electron chi connectivity index (χ0n) is 16.3. The number of urea groups is 1. The highest BCUT2D eigenvalue weighted by Crippen LogP contribution is 2.36. The third kappa shape index (κ3) is 6.20. The average Bonchev–Trinajstić information content (AvgIpc) is 2.45. The molecule has 0 aromatic carbocycles. The molecule has 1 aliphatic rings. The molecule has 2 amide bonds. The van der Waals surface area contributed by atoms with E-state index < -0.39 is 14.6 Å². The Kier molecular flexibility index (Phi) is 7.46. The first-order chi connectivity index (χ1) is 11.0. The standard InChI is InChI=1S/C17H34N2O4Si/c1-12(2)22-15-10-9-13(19-16(20)18-6)14(23-15)11-21-24(7,8)17(3,4)5/h9-10,12-15H,11H2,1-8H3,(H2,18,19,20)/t13-,14+,15-/m0/s1. The fourth-order valence-electron chi connectivity index (χ4n) is 2.00. The summed E-state index contributed by atoms with van der Waals surface area (Å²) < 4.78 is 18.0. The SMILES string of the molecule is CNC(=O)N[C@H]1C=C[C@@H](OC(C)C)O[C@@H]1CO[Si](C)(C)C(C)(C)C. The van der Waals surface area contributed by atoms with E-state index in [0.717, 1.165) is 0 Å². The highest BCUT2D eigenvalue weighted by atomic mass is 28.4. The molecule has 0 radical (unpaired) electrons. The third-order valence-corrected chi connectivity index (χ3v) is 9.03. The third-order valence-electron chi connectivity index (χ3n) is 4.53. The molecule has 2 N–H and O–H groups in total. The molecule has 7 heteroatoms. The van der Waals surface area contributed by atoms with E-state index in [-0.39, 0.29) is 29.3 Å². The van der Waals surface area contributed by atoms with Gasteiger partial charge in [0.2, 0.25) is 0 Å². The van der Waals surface area contributed by atoms with Crippen LogP contribution in [0.3, 0.4) is 0 Å². The van der Waals surface area contributed by atoms with Crippen LogP contribution in [-0.4, -0.2) is 52.5 Å². The first-order valence-corrected chi connectivity index (χ1v) is 11.5. The normalized spacial score (nSPS) is 25.0. The minimum Gasteiger partial charge on any atom is -0.414 e. The number of rotatable bonds is 6. The topological polar surface area (TPSA) is 68.8 Å². The maximum atomic E-state index is 11.7. The molecule has 0 aromatic rings. The minimum absolute atomic E-state index is 0.0602. The molecule has 1 rings (SSSR count). The summed E-state index contributed by atoms with van der Waals surface area (Å²) in [5.74, 6) is 0. The maximum Gasteiger partial charge on any atom is 0.315 e. The van der Waals surface area contributed by atoms with E-state index in [1.54, 1.807) is 7.05 Å². The lowest BCUT2D eigenvalue weighted by Crippen LogP contribution is -2.53. The number of carbonyl (C=O) groups is 1. The van der Waals surface area contributed by atoms with Gasteiger partial charge in [0.25, 0.3) is 0 Å². The van der Waals surface area contributed by atoms with Gasteiger partial charge in [0.1, 0.15) is 6.10 Å². The van der Waals surface area contributed by atoms with Crippen LogP contribution >= 0.6 is 0 Å². The van der Waals surface area contributed by atoms with Crippen LogP contribution in [0.25, 0.3) is 0 Å². The Morgan fingerprint density at radius 2 is 1.92 bits per heavy atom. The Bertz CT molecular complexity index is 446. The van der Waals surface area contributed by atoms with Crippen LogP contribution < -0.4 is 10.6 Å². The van der Waals surface area contributed by atoms with Gasteiger partial charge in [0.15, 0.2) is 14.6 Å². The molecule has 0 unspecified atom stereocenters. The van der Waals surface area contributed by atoms with Gasteiger partial charge >= 0.3 is 6.03 Å². The van der Waals surface area contributed by atoms with Crippen LogP contribution in [0.15, 0.2) is 12.2 Å². The van der Waals surface area contributed by atoms with Gasteiger partial charge in [-0.3, -0.25) is 0 Å². The van der Waals surface area contributed by atoms with Gasteiger partial charge in [-0.05, 0) is 38.1 Å². The largest absolute Gasteiger partial charge is 0.414 e. The van der Waals surface area contributed by atoms with E-state index in [2.05, 4.69) is 44.5 Å². The van der Waals surface area contributed by atoms with Crippen molar-refractivity contribution in [3.8, 4) is 0 Å². The highest BCUT2D eigenvalue weighted by Gasteiger charge is 2.39. The lowest BCUT2D eigenvalue weighted by molar-refractivity contribution is -0.176. The van der Waals surface area contributed by atoms with Crippen LogP contribution in [0, 0.1) is 0 Å². The second kappa shape index (κ2) is 8.47. The molecule has 140 valence electrons. The molecule has 24 heavy (non-hydrogen) atoms. The molecule has 0 fully saturated rings. The zero-order valence-corrected chi connectivity index (χ0v) is 17.3. The van der Waals surface area contributed by atoms with Gasteiger partial charge in [-0.1, -0.05) is 26.8 Å². The maximum absolute atomic E-state index is 11.7. The van der Waals surface area contributed by atoms with Crippen molar-refractivity contribution in [2.45, 2.75) is 77.3 Å². The van der Waals surface area contributed by atoms with Gasteiger partial charge in [-0.2, -0.15) is 0 Å². The predicted molar refractivity (Wildman–Crippen MR) is 98.6 cm³/mol. The molecule has 1 heterocycles. The summed E-state index contributed by atoms with van der Waals surface area (Å²) in [6, 6.07) is -0.490. The summed E-state index contributed by atoms with van der Waals surface area (Å²) in [4.78, 5) is 11.7. The number of ether oxygens (including phenoxy) is 2. The van der Waals surface area contributed by atoms with Crippen molar-refractivity contribution in [1.29, 1.82) is 0 Å². The van der Waals surface area contributed by atoms with Crippen LogP contribution in [0.1, 0.15) is 34.6 Å². The Labute approximate surface area is 147 Å². The quantitative estimate of drug-likeness (QED) is 0.566. The van der Waals surface area contributed by atoms with Crippen molar-refractivity contribution in [2.24, 2.45) is 0 Å².